The quantitative estimate of drug-likeness (QED) is 0.839. The van der Waals surface area contributed by atoms with E-state index < -0.39 is 0 Å². The number of nitrogens with zero attached hydrogens (tertiary/aromatic N) is 4. The van der Waals surface area contributed by atoms with E-state index in [0.717, 1.165) is 12.8 Å². The molecular weight excluding hydrogens is 318 g/mol. The zero-order valence-corrected chi connectivity index (χ0v) is 15.0. The maximum atomic E-state index is 12.8. The molecule has 0 saturated carbocycles. The van der Waals surface area contributed by atoms with Crippen molar-refractivity contribution in [3.63, 3.8) is 0 Å². The normalized spacial score (nSPS) is 22.6. The summed E-state index contributed by atoms with van der Waals surface area (Å²) in [6.45, 7) is 5.75. The van der Waals surface area contributed by atoms with Gasteiger partial charge in [-0.1, -0.05) is 11.6 Å². The third-order valence-electron chi connectivity index (χ3n) is 4.90. The first kappa shape index (κ1) is 17.4. The molecule has 134 valence electrons. The smallest absolute Gasteiger partial charge is 0.257 e. The van der Waals surface area contributed by atoms with Gasteiger partial charge in [-0.15, -0.1) is 0 Å². The Hall–Kier alpha value is -2.44. The van der Waals surface area contributed by atoms with Crippen molar-refractivity contribution in [2.24, 2.45) is 5.92 Å². The second kappa shape index (κ2) is 7.21. The molecule has 2 bridgehead atoms. The third-order valence-corrected chi connectivity index (χ3v) is 4.90. The number of anilines is 1. The number of hydrogen-bond acceptors (Lipinski definition) is 5. The predicted molar refractivity (Wildman–Crippen MR) is 95.1 cm³/mol. The monoisotopic (exact) mass is 343 g/mol. The standard InChI is InChI=1S/C18H25N5O2/c1-12(2)6-7-23-15-5-4-13(17(23)25)10-22(11-15)16(24)14-8-20-18(19-3)21-9-14/h6,8-9,13,15H,4-5,7,10-11H2,1-3H3,(H,19,20,21)/t13-,15+/m0/s1. The van der Waals surface area contributed by atoms with Gasteiger partial charge >= 0.3 is 0 Å². The molecule has 0 spiro atoms. The Labute approximate surface area is 148 Å². The van der Waals surface area contributed by atoms with Gasteiger partial charge in [0.2, 0.25) is 11.9 Å². The van der Waals surface area contributed by atoms with Gasteiger partial charge in [0.1, 0.15) is 0 Å². The molecule has 0 radical (unpaired) electrons. The maximum Gasteiger partial charge on any atom is 0.257 e. The molecule has 3 aliphatic heterocycles. The summed E-state index contributed by atoms with van der Waals surface area (Å²) in [4.78, 5) is 37.5. The molecule has 0 aromatic carbocycles. The summed E-state index contributed by atoms with van der Waals surface area (Å²) in [7, 11) is 1.73. The Morgan fingerprint density at radius 2 is 2.00 bits per heavy atom. The number of carbonyl (C=O) groups excluding carboxylic acids is 2. The van der Waals surface area contributed by atoms with Crippen LogP contribution >= 0.6 is 0 Å². The number of aromatic nitrogens is 2. The zero-order valence-electron chi connectivity index (χ0n) is 15.0. The van der Waals surface area contributed by atoms with Crippen LogP contribution in [0, 0.1) is 5.92 Å². The number of hydrogen-bond donors (Lipinski definition) is 1. The molecule has 4 heterocycles. The molecule has 3 aliphatic rings. The minimum absolute atomic E-state index is 0.0864. The van der Waals surface area contributed by atoms with E-state index in [0.29, 0.717) is 31.1 Å². The van der Waals surface area contributed by atoms with Crippen molar-refractivity contribution >= 4 is 17.8 Å². The summed E-state index contributed by atoms with van der Waals surface area (Å²) in [6.07, 6.45) is 6.96. The first-order chi connectivity index (χ1) is 12.0. The Morgan fingerprint density at radius 3 is 2.64 bits per heavy atom. The average molecular weight is 343 g/mol. The summed E-state index contributed by atoms with van der Waals surface area (Å²) < 4.78 is 0. The van der Waals surface area contributed by atoms with Crippen molar-refractivity contribution in [1.82, 2.24) is 19.8 Å². The molecule has 2 amide bonds. The molecule has 1 aromatic heterocycles. The lowest BCUT2D eigenvalue weighted by Gasteiger charge is -2.35. The van der Waals surface area contributed by atoms with Crippen molar-refractivity contribution in [2.45, 2.75) is 32.7 Å². The second-order valence-electron chi connectivity index (χ2n) is 6.96. The highest BCUT2D eigenvalue weighted by atomic mass is 16.2. The highest BCUT2D eigenvalue weighted by Gasteiger charge is 2.41. The fraction of sp³-hybridized carbons (Fsp3) is 0.556. The van der Waals surface area contributed by atoms with E-state index in [1.807, 2.05) is 18.7 Å². The molecule has 3 saturated heterocycles. The van der Waals surface area contributed by atoms with Crippen molar-refractivity contribution in [3.05, 3.63) is 29.6 Å². The lowest BCUT2D eigenvalue weighted by Crippen LogP contribution is -2.48. The molecule has 0 aliphatic carbocycles. The zero-order chi connectivity index (χ0) is 18.0. The number of rotatable bonds is 4. The fourth-order valence-corrected chi connectivity index (χ4v) is 3.48. The van der Waals surface area contributed by atoms with Crippen LogP contribution in [-0.2, 0) is 4.79 Å². The molecule has 1 N–H and O–H groups in total. The summed E-state index contributed by atoms with van der Waals surface area (Å²) >= 11 is 0. The number of piperidine rings is 1. The van der Waals surface area contributed by atoms with Crippen molar-refractivity contribution in [3.8, 4) is 0 Å². The van der Waals surface area contributed by atoms with Gasteiger partial charge in [0, 0.05) is 45.1 Å². The molecule has 4 rings (SSSR count). The summed E-state index contributed by atoms with van der Waals surface area (Å²) in [5, 5.41) is 2.84. The average Bonchev–Trinajstić information content (AvgIpc) is 2.90. The molecule has 7 heteroatoms. The van der Waals surface area contributed by atoms with Gasteiger partial charge < -0.3 is 15.1 Å². The minimum Gasteiger partial charge on any atom is -0.357 e. The first-order valence-electron chi connectivity index (χ1n) is 8.72. The highest BCUT2D eigenvalue weighted by Crippen LogP contribution is 2.29. The Morgan fingerprint density at radius 1 is 1.28 bits per heavy atom. The van der Waals surface area contributed by atoms with Crippen molar-refractivity contribution in [1.29, 1.82) is 0 Å². The number of amides is 2. The highest BCUT2D eigenvalue weighted by molar-refractivity contribution is 5.94. The number of allylic oxidation sites excluding steroid dienone is 1. The van der Waals surface area contributed by atoms with E-state index in [1.165, 1.54) is 18.0 Å². The lowest BCUT2D eigenvalue weighted by molar-refractivity contribution is -0.139. The van der Waals surface area contributed by atoms with Gasteiger partial charge in [-0.25, -0.2) is 9.97 Å². The van der Waals surface area contributed by atoms with Gasteiger partial charge in [-0.05, 0) is 26.7 Å². The molecule has 25 heavy (non-hydrogen) atoms. The van der Waals surface area contributed by atoms with Gasteiger partial charge in [0.05, 0.1) is 11.5 Å². The van der Waals surface area contributed by atoms with Crippen LogP contribution in [0.2, 0.25) is 0 Å². The molecular formula is C18H25N5O2. The predicted octanol–water partition coefficient (Wildman–Crippen LogP) is 1.55. The van der Waals surface area contributed by atoms with Crippen LogP contribution in [0.3, 0.4) is 0 Å². The lowest BCUT2D eigenvalue weighted by atomic mass is 9.94. The van der Waals surface area contributed by atoms with E-state index in [9.17, 15) is 9.59 Å². The van der Waals surface area contributed by atoms with Crippen LogP contribution in [0.15, 0.2) is 24.0 Å². The summed E-state index contributed by atoms with van der Waals surface area (Å²) in [5.74, 6) is 0.448. The minimum atomic E-state index is -0.106. The second-order valence-corrected chi connectivity index (χ2v) is 6.96. The fourth-order valence-electron chi connectivity index (χ4n) is 3.48. The molecule has 3 fully saturated rings. The summed E-state index contributed by atoms with van der Waals surface area (Å²) in [6, 6.07) is 0.0864. The van der Waals surface area contributed by atoms with Crippen LogP contribution in [0.1, 0.15) is 37.0 Å². The van der Waals surface area contributed by atoms with Crippen LogP contribution in [0.5, 0.6) is 0 Å². The van der Waals surface area contributed by atoms with Crippen LogP contribution in [0.25, 0.3) is 0 Å². The maximum absolute atomic E-state index is 12.8. The van der Waals surface area contributed by atoms with Gasteiger partial charge in [0.15, 0.2) is 0 Å². The van der Waals surface area contributed by atoms with E-state index in [4.69, 9.17) is 0 Å². The molecule has 7 nitrogen and oxygen atoms in total. The van der Waals surface area contributed by atoms with Gasteiger partial charge in [-0.3, -0.25) is 9.59 Å². The molecule has 2 atom stereocenters. The Balaban J connectivity index is 1.77. The SMILES string of the molecule is CNc1ncc(C(=O)N2C[C@@H]3CC[C@H](C2)N(CC=C(C)C)C3=O)cn1. The summed E-state index contributed by atoms with van der Waals surface area (Å²) in [5.41, 5.74) is 1.66. The van der Waals surface area contributed by atoms with Crippen LogP contribution < -0.4 is 5.32 Å². The van der Waals surface area contributed by atoms with Crippen molar-refractivity contribution < 1.29 is 9.59 Å². The Bertz CT molecular complexity index is 681. The Kier molecular flexibility index (Phi) is 5.01. The van der Waals surface area contributed by atoms with Crippen LogP contribution in [-0.4, -0.2) is 64.3 Å². The van der Waals surface area contributed by atoms with E-state index in [2.05, 4.69) is 21.4 Å². The number of nitrogens with one attached hydrogen (secondary N) is 1. The number of fused-ring (bicyclic) bond motifs is 4. The van der Waals surface area contributed by atoms with Gasteiger partial charge in [0.25, 0.3) is 5.91 Å². The van der Waals surface area contributed by atoms with E-state index >= 15 is 0 Å². The van der Waals surface area contributed by atoms with Crippen molar-refractivity contribution in [2.75, 3.05) is 32.0 Å². The van der Waals surface area contributed by atoms with E-state index in [1.54, 1.807) is 11.9 Å². The molecule has 1 aromatic rings. The largest absolute Gasteiger partial charge is 0.357 e. The van der Waals surface area contributed by atoms with Gasteiger partial charge in [-0.2, -0.15) is 0 Å². The third kappa shape index (κ3) is 3.65. The topological polar surface area (TPSA) is 78.4 Å². The first-order valence-corrected chi connectivity index (χ1v) is 8.72. The molecule has 0 unspecified atom stereocenters. The van der Waals surface area contributed by atoms with Crippen LogP contribution in [0.4, 0.5) is 5.95 Å². The number of carbonyl (C=O) groups is 2. The van der Waals surface area contributed by atoms with E-state index in [-0.39, 0.29) is 23.8 Å².